The van der Waals surface area contributed by atoms with E-state index >= 15 is 0 Å². The fraction of sp³-hybridized carbons (Fsp3) is 0.444. The van der Waals surface area contributed by atoms with Crippen LogP contribution < -0.4 is 11.1 Å². The van der Waals surface area contributed by atoms with Crippen molar-refractivity contribution in [2.24, 2.45) is 11.3 Å². The Kier molecular flexibility index (Phi) is 4.40. The molecule has 2 aliphatic rings. The van der Waals surface area contributed by atoms with Crippen molar-refractivity contribution in [3.8, 4) is 0 Å². The first kappa shape index (κ1) is 17.6. The number of likely N-dealkylation sites (tertiary alicyclic amines) is 1. The van der Waals surface area contributed by atoms with Crippen LogP contribution in [0.5, 0.6) is 0 Å². The first-order valence-electron chi connectivity index (χ1n) is 8.82. The number of aryl methyl sites for hydroxylation is 1. The number of hydrogen-bond acceptors (Lipinski definition) is 8. The number of nitrogens with zero attached hydrogens (tertiary/aromatic N) is 4. The van der Waals surface area contributed by atoms with E-state index in [0.717, 1.165) is 11.3 Å². The van der Waals surface area contributed by atoms with Crippen LogP contribution in [0.25, 0.3) is 0 Å². The van der Waals surface area contributed by atoms with Crippen LogP contribution in [0.2, 0.25) is 0 Å². The van der Waals surface area contributed by atoms with Gasteiger partial charge in [0.1, 0.15) is 11.2 Å². The summed E-state index contributed by atoms with van der Waals surface area (Å²) in [5.74, 6) is 0.201. The third-order valence-electron chi connectivity index (χ3n) is 5.21. The quantitative estimate of drug-likeness (QED) is 0.707. The summed E-state index contributed by atoms with van der Waals surface area (Å²) >= 11 is 0. The van der Waals surface area contributed by atoms with Crippen molar-refractivity contribution in [2.75, 3.05) is 37.4 Å². The molecule has 0 radical (unpaired) electrons. The average Bonchev–Trinajstić information content (AvgIpc) is 3.12. The number of carboxylic acids is 1. The fourth-order valence-electron chi connectivity index (χ4n) is 3.88. The van der Waals surface area contributed by atoms with Crippen LogP contribution in [0, 0.1) is 18.3 Å². The third-order valence-corrected chi connectivity index (χ3v) is 5.21. The number of hydrogen-bond donors (Lipinski definition) is 3. The van der Waals surface area contributed by atoms with Crippen molar-refractivity contribution in [3.05, 3.63) is 35.7 Å². The summed E-state index contributed by atoms with van der Waals surface area (Å²) in [5, 5.41) is 12.8. The third kappa shape index (κ3) is 3.43. The summed E-state index contributed by atoms with van der Waals surface area (Å²) < 4.78 is 5.41. The first-order valence-corrected chi connectivity index (χ1v) is 8.82. The predicted molar refractivity (Wildman–Crippen MR) is 98.4 cm³/mol. The van der Waals surface area contributed by atoms with Crippen LogP contribution in [0.3, 0.4) is 0 Å². The van der Waals surface area contributed by atoms with Crippen LogP contribution in [0.4, 0.5) is 17.6 Å². The number of nitrogen functional groups attached to an aromatic ring is 1. The number of aliphatic carboxylic acids is 1. The number of carboxylic acid groups (broad SMARTS) is 1. The Morgan fingerprint density at radius 1 is 1.44 bits per heavy atom. The lowest BCUT2D eigenvalue weighted by atomic mass is 9.81. The van der Waals surface area contributed by atoms with Gasteiger partial charge in [0, 0.05) is 24.7 Å². The van der Waals surface area contributed by atoms with Gasteiger partial charge in [-0.25, -0.2) is 0 Å². The molecule has 4 rings (SSSR count). The molecule has 2 fully saturated rings. The molecular weight excluding hydrogens is 348 g/mol. The highest BCUT2D eigenvalue weighted by Crippen LogP contribution is 2.41. The molecule has 0 unspecified atom stereocenters. The van der Waals surface area contributed by atoms with Gasteiger partial charge in [-0.2, -0.15) is 15.0 Å². The normalized spacial score (nSPS) is 24.7. The van der Waals surface area contributed by atoms with Gasteiger partial charge >= 0.3 is 5.97 Å². The second-order valence-corrected chi connectivity index (χ2v) is 7.27. The number of carbonyl (C=O) groups is 1. The van der Waals surface area contributed by atoms with Gasteiger partial charge in [0.05, 0.1) is 19.8 Å². The highest BCUT2D eigenvalue weighted by atomic mass is 16.5. The number of aromatic nitrogens is 3. The highest BCUT2D eigenvalue weighted by Gasteiger charge is 2.56. The van der Waals surface area contributed by atoms with Gasteiger partial charge in [-0.3, -0.25) is 9.69 Å². The Morgan fingerprint density at radius 2 is 2.30 bits per heavy atom. The zero-order chi connectivity index (χ0) is 19.0. The van der Waals surface area contributed by atoms with Crippen molar-refractivity contribution >= 4 is 23.6 Å². The van der Waals surface area contributed by atoms with Gasteiger partial charge in [-0.05, 0) is 24.6 Å². The van der Waals surface area contributed by atoms with Gasteiger partial charge in [-0.1, -0.05) is 12.1 Å². The van der Waals surface area contributed by atoms with Crippen LogP contribution in [0.15, 0.2) is 24.3 Å². The fourth-order valence-corrected chi connectivity index (χ4v) is 3.88. The molecule has 0 amide bonds. The summed E-state index contributed by atoms with van der Waals surface area (Å²) in [5.41, 5.74) is 7.00. The lowest BCUT2D eigenvalue weighted by Crippen LogP contribution is -2.39. The van der Waals surface area contributed by atoms with Crippen molar-refractivity contribution in [1.82, 2.24) is 19.9 Å². The topological polar surface area (TPSA) is 126 Å². The molecule has 3 heterocycles. The minimum atomic E-state index is -0.832. The molecule has 9 heteroatoms. The molecule has 0 aliphatic carbocycles. The van der Waals surface area contributed by atoms with Crippen molar-refractivity contribution in [2.45, 2.75) is 13.5 Å². The maximum Gasteiger partial charge on any atom is 0.313 e. The van der Waals surface area contributed by atoms with Crippen LogP contribution >= 0.6 is 0 Å². The standard InChI is InChI=1S/C18H22N6O3/c1-11-3-2-4-13(5-11)20-17-22-14(21-16(19)23-17)7-24-6-12-8-27-10-18(12,9-24)15(25)26/h2-5,12H,6-10H2,1H3,(H,25,26)(H3,19,20,21,22,23)/t12-,18-/m1/s1. The number of ether oxygens (including phenoxy) is 1. The van der Waals surface area contributed by atoms with E-state index in [1.165, 1.54) is 0 Å². The Morgan fingerprint density at radius 3 is 3.04 bits per heavy atom. The number of anilines is 3. The lowest BCUT2D eigenvalue weighted by molar-refractivity contribution is -0.149. The number of nitrogens with two attached hydrogens (primary N) is 1. The summed E-state index contributed by atoms with van der Waals surface area (Å²) in [6.45, 7) is 4.20. The summed E-state index contributed by atoms with van der Waals surface area (Å²) in [7, 11) is 0. The molecule has 2 saturated heterocycles. The van der Waals surface area contributed by atoms with E-state index in [4.69, 9.17) is 10.5 Å². The molecule has 0 bridgehead atoms. The molecule has 2 atom stereocenters. The monoisotopic (exact) mass is 370 g/mol. The molecule has 142 valence electrons. The maximum absolute atomic E-state index is 11.8. The Labute approximate surface area is 156 Å². The number of fused-ring (bicyclic) bond motifs is 1. The van der Waals surface area contributed by atoms with E-state index in [0.29, 0.717) is 38.0 Å². The molecule has 2 aliphatic heterocycles. The zero-order valence-electron chi connectivity index (χ0n) is 15.1. The van der Waals surface area contributed by atoms with E-state index in [9.17, 15) is 9.90 Å². The summed E-state index contributed by atoms with van der Waals surface area (Å²) in [6.07, 6.45) is 0. The number of nitrogens with one attached hydrogen (secondary N) is 1. The SMILES string of the molecule is Cc1cccc(Nc2nc(N)nc(CN3C[C@@H]4COC[C@]4(C(=O)O)C3)n2)c1. The van der Waals surface area contributed by atoms with Gasteiger partial charge in [-0.15, -0.1) is 0 Å². The smallest absolute Gasteiger partial charge is 0.313 e. The second kappa shape index (κ2) is 6.75. The van der Waals surface area contributed by atoms with Gasteiger partial charge in [0.2, 0.25) is 11.9 Å². The largest absolute Gasteiger partial charge is 0.481 e. The lowest BCUT2D eigenvalue weighted by Gasteiger charge is -2.21. The van der Waals surface area contributed by atoms with Crippen LogP contribution in [-0.2, 0) is 16.1 Å². The van der Waals surface area contributed by atoms with E-state index in [2.05, 4.69) is 20.3 Å². The molecule has 27 heavy (non-hydrogen) atoms. The number of benzene rings is 1. The summed E-state index contributed by atoms with van der Waals surface area (Å²) in [6, 6.07) is 7.85. The first-order chi connectivity index (χ1) is 12.9. The van der Waals surface area contributed by atoms with Crippen LogP contribution in [0.1, 0.15) is 11.4 Å². The van der Waals surface area contributed by atoms with E-state index in [1.54, 1.807) is 0 Å². The predicted octanol–water partition coefficient (Wildman–Crippen LogP) is 1.04. The van der Waals surface area contributed by atoms with E-state index < -0.39 is 11.4 Å². The van der Waals surface area contributed by atoms with Crippen molar-refractivity contribution in [1.29, 1.82) is 0 Å². The van der Waals surface area contributed by atoms with Gasteiger partial charge in [0.15, 0.2) is 0 Å². The second-order valence-electron chi connectivity index (χ2n) is 7.27. The van der Waals surface area contributed by atoms with Gasteiger partial charge < -0.3 is 20.9 Å². The molecule has 2 aromatic rings. The van der Waals surface area contributed by atoms with Gasteiger partial charge in [0.25, 0.3) is 0 Å². The molecule has 1 aromatic heterocycles. The molecule has 9 nitrogen and oxygen atoms in total. The van der Waals surface area contributed by atoms with E-state index in [-0.39, 0.29) is 18.5 Å². The Balaban J connectivity index is 1.50. The van der Waals surface area contributed by atoms with Crippen LogP contribution in [-0.4, -0.2) is 57.2 Å². The highest BCUT2D eigenvalue weighted by molar-refractivity contribution is 5.76. The Bertz CT molecular complexity index is 876. The molecular formula is C18H22N6O3. The minimum absolute atomic E-state index is 0.0147. The maximum atomic E-state index is 11.8. The number of rotatable bonds is 5. The van der Waals surface area contributed by atoms with Crippen molar-refractivity contribution < 1.29 is 14.6 Å². The minimum Gasteiger partial charge on any atom is -0.481 e. The Hall–Kier alpha value is -2.78. The van der Waals surface area contributed by atoms with Crippen molar-refractivity contribution in [3.63, 3.8) is 0 Å². The molecule has 0 spiro atoms. The van der Waals surface area contributed by atoms with E-state index in [1.807, 2.05) is 36.1 Å². The molecule has 0 saturated carbocycles. The molecule has 1 aromatic carbocycles. The average molecular weight is 370 g/mol. The summed E-state index contributed by atoms with van der Waals surface area (Å²) in [4.78, 5) is 26.6. The zero-order valence-corrected chi connectivity index (χ0v) is 15.1. The molecule has 4 N–H and O–H groups in total.